The molecule has 0 aromatic heterocycles. The lowest BCUT2D eigenvalue weighted by atomic mass is 9.93. The third-order valence-corrected chi connectivity index (χ3v) is 6.34. The van der Waals surface area contributed by atoms with Gasteiger partial charge in [-0.25, -0.2) is 0 Å². The van der Waals surface area contributed by atoms with Crippen LogP contribution >= 0.6 is 0 Å². The standard InChI is InChI=1S/C21H28N2O3S/c1-16-6-5-7-19(12-16)22-10-11-23(3,4)15-18(14-22)21-13-20(27(24,25)26)9-8-17(21)2/h5-9,12-13,18H,10-11,14-15H2,1-4H3/p+1. The Morgan fingerprint density at radius 3 is 2.52 bits per heavy atom. The average Bonchev–Trinajstić information content (AvgIpc) is 2.72. The van der Waals surface area contributed by atoms with Gasteiger partial charge in [-0.1, -0.05) is 18.2 Å². The van der Waals surface area contributed by atoms with Crippen molar-refractivity contribution in [1.82, 2.24) is 0 Å². The minimum absolute atomic E-state index is 0.0280. The largest absolute Gasteiger partial charge is 0.365 e. The molecule has 27 heavy (non-hydrogen) atoms. The first-order valence-corrected chi connectivity index (χ1v) is 10.7. The van der Waals surface area contributed by atoms with Crippen molar-refractivity contribution in [3.8, 4) is 0 Å². The summed E-state index contributed by atoms with van der Waals surface area (Å²) in [5, 5.41) is 0. The van der Waals surface area contributed by atoms with Crippen LogP contribution in [0.1, 0.15) is 22.6 Å². The number of quaternary nitrogens is 1. The number of rotatable bonds is 3. The number of aryl methyl sites for hydroxylation is 2. The van der Waals surface area contributed by atoms with Gasteiger partial charge in [-0.3, -0.25) is 4.55 Å². The predicted molar refractivity (Wildman–Crippen MR) is 109 cm³/mol. The van der Waals surface area contributed by atoms with E-state index in [1.165, 1.54) is 17.3 Å². The molecule has 1 fully saturated rings. The SMILES string of the molecule is Cc1cccc(N2CC[N+](C)(C)CC(c3cc(S(=O)(=O)O)ccc3C)C2)c1. The van der Waals surface area contributed by atoms with Crippen LogP contribution in [-0.2, 0) is 10.1 Å². The lowest BCUT2D eigenvalue weighted by molar-refractivity contribution is -0.889. The fourth-order valence-corrected chi connectivity index (χ4v) is 4.48. The normalized spacial score (nSPS) is 20.3. The highest BCUT2D eigenvalue weighted by Crippen LogP contribution is 2.30. The van der Waals surface area contributed by atoms with Gasteiger partial charge in [0.05, 0.1) is 44.5 Å². The zero-order valence-electron chi connectivity index (χ0n) is 16.5. The van der Waals surface area contributed by atoms with Gasteiger partial charge in [0.25, 0.3) is 10.1 Å². The maximum Gasteiger partial charge on any atom is 0.294 e. The Hall–Kier alpha value is -1.89. The molecular formula is C21H29N2O3S+. The molecule has 1 N–H and O–H groups in total. The van der Waals surface area contributed by atoms with Crippen molar-refractivity contribution in [1.29, 1.82) is 0 Å². The van der Waals surface area contributed by atoms with E-state index >= 15 is 0 Å². The molecule has 1 heterocycles. The van der Waals surface area contributed by atoms with E-state index < -0.39 is 10.1 Å². The first kappa shape index (κ1) is 19.9. The van der Waals surface area contributed by atoms with Crippen LogP contribution in [0.3, 0.4) is 0 Å². The van der Waals surface area contributed by atoms with Crippen molar-refractivity contribution in [2.75, 3.05) is 45.2 Å². The molecule has 1 atom stereocenters. The lowest BCUT2D eigenvalue weighted by Gasteiger charge is -2.31. The van der Waals surface area contributed by atoms with Gasteiger partial charge in [0.1, 0.15) is 0 Å². The topological polar surface area (TPSA) is 57.6 Å². The summed E-state index contributed by atoms with van der Waals surface area (Å²) in [6.07, 6.45) is 0. The van der Waals surface area contributed by atoms with Crippen molar-refractivity contribution in [2.45, 2.75) is 24.7 Å². The van der Waals surface area contributed by atoms with Gasteiger partial charge in [0.2, 0.25) is 0 Å². The second-order valence-corrected chi connectivity index (χ2v) is 9.74. The number of hydrogen-bond donors (Lipinski definition) is 1. The predicted octanol–water partition coefficient (Wildman–Crippen LogP) is 3.23. The fraction of sp³-hybridized carbons (Fsp3) is 0.429. The maximum atomic E-state index is 11.6. The molecule has 146 valence electrons. The highest BCUT2D eigenvalue weighted by molar-refractivity contribution is 7.85. The third kappa shape index (κ3) is 4.69. The summed E-state index contributed by atoms with van der Waals surface area (Å²) in [5.41, 5.74) is 4.48. The van der Waals surface area contributed by atoms with Gasteiger partial charge in [0, 0.05) is 12.2 Å². The number of likely N-dealkylation sites (N-methyl/N-ethyl adjacent to an activating group) is 1. The minimum atomic E-state index is -4.21. The molecule has 1 aliphatic heterocycles. The fourth-order valence-electron chi connectivity index (χ4n) is 3.97. The van der Waals surface area contributed by atoms with Crippen molar-refractivity contribution in [2.24, 2.45) is 0 Å². The molecule has 0 amide bonds. The van der Waals surface area contributed by atoms with E-state index in [1.54, 1.807) is 12.1 Å². The number of hydrogen-bond acceptors (Lipinski definition) is 3. The Morgan fingerprint density at radius 2 is 1.85 bits per heavy atom. The molecule has 2 aromatic carbocycles. The molecule has 0 spiro atoms. The zero-order chi connectivity index (χ0) is 19.8. The quantitative estimate of drug-likeness (QED) is 0.647. The molecule has 1 saturated heterocycles. The monoisotopic (exact) mass is 389 g/mol. The summed E-state index contributed by atoms with van der Waals surface area (Å²) in [5.74, 6) is 0.171. The van der Waals surface area contributed by atoms with Gasteiger partial charge in [-0.15, -0.1) is 0 Å². The first-order valence-electron chi connectivity index (χ1n) is 9.27. The van der Waals surface area contributed by atoms with Gasteiger partial charge in [-0.2, -0.15) is 8.42 Å². The second kappa shape index (κ2) is 7.26. The molecule has 2 aromatic rings. The Morgan fingerprint density at radius 1 is 1.11 bits per heavy atom. The van der Waals surface area contributed by atoms with Gasteiger partial charge in [-0.05, 0) is 54.8 Å². The van der Waals surface area contributed by atoms with Crippen LogP contribution in [0.2, 0.25) is 0 Å². The van der Waals surface area contributed by atoms with E-state index in [0.29, 0.717) is 0 Å². The minimum Gasteiger partial charge on any atom is -0.365 e. The highest BCUT2D eigenvalue weighted by atomic mass is 32.2. The molecule has 0 radical (unpaired) electrons. The van der Waals surface area contributed by atoms with Crippen molar-refractivity contribution in [3.05, 3.63) is 59.2 Å². The number of benzene rings is 2. The van der Waals surface area contributed by atoms with E-state index in [-0.39, 0.29) is 10.8 Å². The molecule has 3 rings (SSSR count). The summed E-state index contributed by atoms with van der Waals surface area (Å²) in [6, 6.07) is 13.4. The highest BCUT2D eigenvalue weighted by Gasteiger charge is 2.31. The molecule has 0 bridgehead atoms. The molecule has 0 aliphatic carbocycles. The molecule has 0 saturated carbocycles. The number of anilines is 1. The number of nitrogens with zero attached hydrogens (tertiary/aromatic N) is 2. The summed E-state index contributed by atoms with van der Waals surface area (Å²) in [4.78, 5) is 2.37. The summed E-state index contributed by atoms with van der Waals surface area (Å²) in [6.45, 7) is 7.80. The second-order valence-electron chi connectivity index (χ2n) is 8.32. The molecule has 5 nitrogen and oxygen atoms in total. The molecule has 1 unspecified atom stereocenters. The molecule has 6 heteroatoms. The Balaban J connectivity index is 2.02. The maximum absolute atomic E-state index is 11.6. The van der Waals surface area contributed by atoms with Gasteiger partial charge >= 0.3 is 0 Å². The van der Waals surface area contributed by atoms with Crippen molar-refractivity contribution < 1.29 is 17.5 Å². The van der Waals surface area contributed by atoms with Crippen LogP contribution in [0.4, 0.5) is 5.69 Å². The zero-order valence-corrected chi connectivity index (χ0v) is 17.3. The van der Waals surface area contributed by atoms with E-state index in [0.717, 1.165) is 41.8 Å². The van der Waals surface area contributed by atoms with Crippen LogP contribution in [0.5, 0.6) is 0 Å². The summed E-state index contributed by atoms with van der Waals surface area (Å²) < 4.78 is 33.6. The summed E-state index contributed by atoms with van der Waals surface area (Å²) in [7, 11) is 0.225. The van der Waals surface area contributed by atoms with Crippen LogP contribution in [0, 0.1) is 13.8 Å². The molecular weight excluding hydrogens is 360 g/mol. The smallest absolute Gasteiger partial charge is 0.294 e. The van der Waals surface area contributed by atoms with Crippen LogP contribution in [0.15, 0.2) is 47.4 Å². The van der Waals surface area contributed by atoms with E-state index in [1.807, 2.05) is 6.92 Å². The Kier molecular flexibility index (Phi) is 5.34. The lowest BCUT2D eigenvalue weighted by Crippen LogP contribution is -2.43. The molecule has 1 aliphatic rings. The van der Waals surface area contributed by atoms with E-state index in [4.69, 9.17) is 0 Å². The van der Waals surface area contributed by atoms with Crippen LogP contribution in [0.25, 0.3) is 0 Å². The average molecular weight is 390 g/mol. The van der Waals surface area contributed by atoms with Crippen molar-refractivity contribution >= 4 is 15.8 Å². The Bertz CT molecular complexity index is 938. The van der Waals surface area contributed by atoms with Crippen molar-refractivity contribution in [3.63, 3.8) is 0 Å². The van der Waals surface area contributed by atoms with Gasteiger partial charge < -0.3 is 9.38 Å². The third-order valence-electron chi connectivity index (χ3n) is 5.49. The van der Waals surface area contributed by atoms with Crippen LogP contribution < -0.4 is 4.90 Å². The van der Waals surface area contributed by atoms with Crippen LogP contribution in [-0.4, -0.2) is 57.7 Å². The Labute approximate surface area is 162 Å². The van der Waals surface area contributed by atoms with Gasteiger partial charge in [0.15, 0.2) is 0 Å². The first-order chi connectivity index (χ1) is 12.5. The summed E-state index contributed by atoms with van der Waals surface area (Å²) >= 11 is 0. The van der Waals surface area contributed by atoms with E-state index in [9.17, 15) is 13.0 Å². The van der Waals surface area contributed by atoms with E-state index in [2.05, 4.69) is 50.2 Å².